The van der Waals surface area contributed by atoms with E-state index in [-0.39, 0.29) is 36.2 Å². The molecule has 0 heterocycles. The van der Waals surface area contributed by atoms with Crippen molar-refractivity contribution in [1.29, 1.82) is 0 Å². The SMILES string of the molecule is CC(Oc1ccc(Cl)cc1Cl)C(=O)O.CCCCC(CC)COC(=O)C(C)Oc1ccc(Cl)cc1Cl.COc1cc(NC(=O)C(C)Oc2ccc(Cl)cc2C)ccc1NC(=O)C(C)C.Cc1cccc(NC(=O)COc2ccc(Cl)cc2Cl)c1. The van der Waals surface area contributed by atoms with Crippen molar-refractivity contribution in [2.75, 3.05) is 36.3 Å². The summed E-state index contributed by atoms with van der Waals surface area (Å²) in [5.74, 6) is 0.373. The van der Waals surface area contributed by atoms with E-state index in [1.807, 2.05) is 38.1 Å². The molecule has 6 aromatic carbocycles. The van der Waals surface area contributed by atoms with Gasteiger partial charge in [-0.3, -0.25) is 14.4 Å². The van der Waals surface area contributed by atoms with Crippen LogP contribution >= 0.6 is 81.2 Å². The first kappa shape index (κ1) is 72.0. The number of aliphatic carboxylic acids is 1. The Labute approximate surface area is 526 Å². The number of rotatable bonds is 23. The second kappa shape index (κ2) is 37.2. The van der Waals surface area contributed by atoms with Gasteiger partial charge in [0, 0.05) is 43.4 Å². The molecule has 4 N–H and O–H groups in total. The lowest BCUT2D eigenvalue weighted by molar-refractivity contribution is -0.152. The van der Waals surface area contributed by atoms with Gasteiger partial charge in [0.15, 0.2) is 24.9 Å². The number of ether oxygens (including phenoxy) is 6. The Morgan fingerprint density at radius 3 is 1.57 bits per heavy atom. The van der Waals surface area contributed by atoms with Crippen LogP contribution in [-0.2, 0) is 28.7 Å². The molecule has 4 unspecified atom stereocenters. The predicted octanol–water partition coefficient (Wildman–Crippen LogP) is 17.3. The van der Waals surface area contributed by atoms with Crippen molar-refractivity contribution in [2.45, 2.75) is 106 Å². The van der Waals surface area contributed by atoms with Crippen molar-refractivity contribution < 1.29 is 57.5 Å². The van der Waals surface area contributed by atoms with Crippen LogP contribution in [0.1, 0.15) is 85.3 Å². The first-order valence-electron chi connectivity index (χ1n) is 26.5. The van der Waals surface area contributed by atoms with E-state index in [1.54, 1.807) is 107 Å². The summed E-state index contributed by atoms with van der Waals surface area (Å²) in [4.78, 5) is 58.6. The fourth-order valence-electron chi connectivity index (χ4n) is 6.87. The van der Waals surface area contributed by atoms with Crippen LogP contribution in [-0.4, -0.2) is 73.4 Å². The van der Waals surface area contributed by atoms with Gasteiger partial charge in [-0.05, 0) is 155 Å². The number of halogens is 7. The number of benzene rings is 6. The Morgan fingerprint density at radius 2 is 1.07 bits per heavy atom. The van der Waals surface area contributed by atoms with E-state index in [2.05, 4.69) is 29.8 Å². The summed E-state index contributed by atoms with van der Waals surface area (Å²) in [6, 6.07) is 32.1. The van der Waals surface area contributed by atoms with Crippen molar-refractivity contribution in [3.63, 3.8) is 0 Å². The number of esters is 1. The fourth-order valence-corrected chi connectivity index (χ4v) is 8.47. The molecule has 0 aliphatic carbocycles. The molecule has 22 heteroatoms. The van der Waals surface area contributed by atoms with Crippen LogP contribution in [0.4, 0.5) is 17.1 Å². The number of anilines is 3. The summed E-state index contributed by atoms with van der Waals surface area (Å²) in [5, 5.41) is 20.1. The van der Waals surface area contributed by atoms with Gasteiger partial charge in [-0.15, -0.1) is 0 Å². The zero-order valence-electron chi connectivity index (χ0n) is 48.2. The van der Waals surface area contributed by atoms with Crippen LogP contribution in [0.5, 0.6) is 28.7 Å². The molecule has 15 nitrogen and oxygen atoms in total. The predicted molar refractivity (Wildman–Crippen MR) is 338 cm³/mol. The number of carbonyl (C=O) groups is 5. The largest absolute Gasteiger partial charge is 0.494 e. The number of carboxylic acids is 1. The molecule has 0 bridgehead atoms. The van der Waals surface area contributed by atoms with Gasteiger partial charge in [-0.1, -0.05) is 140 Å². The third-order valence-corrected chi connectivity index (χ3v) is 13.5. The molecule has 6 rings (SSSR count). The summed E-state index contributed by atoms with van der Waals surface area (Å²) < 4.78 is 32.4. The zero-order chi connectivity index (χ0) is 62.6. The van der Waals surface area contributed by atoms with Gasteiger partial charge in [0.2, 0.25) is 5.91 Å². The Bertz CT molecular complexity index is 3130. The number of carboxylic acid groups (broad SMARTS) is 1. The highest BCUT2D eigenvalue weighted by Crippen LogP contribution is 2.32. The Balaban J connectivity index is 0.000000301. The fraction of sp³-hybridized carbons (Fsp3) is 0.339. The van der Waals surface area contributed by atoms with Gasteiger partial charge in [-0.2, -0.15) is 0 Å². The van der Waals surface area contributed by atoms with Crippen LogP contribution in [0.2, 0.25) is 35.2 Å². The lowest BCUT2D eigenvalue weighted by atomic mass is 10.0. The normalized spacial score (nSPS) is 11.9. The zero-order valence-corrected chi connectivity index (χ0v) is 53.5. The van der Waals surface area contributed by atoms with Gasteiger partial charge in [-0.25, -0.2) is 9.59 Å². The van der Waals surface area contributed by atoms with E-state index in [0.29, 0.717) is 87.8 Å². The standard InChI is InChI=1S/C21H25ClN2O4.C17H24Cl2O3.C15H13Cl2NO2.C9H8Cl2O3/c1-12(2)20(25)24-17-8-7-16(11-19(17)27-5)23-21(26)14(4)28-18-9-6-15(22)10-13(18)3;1-4-6-7-13(5-2)11-21-17(20)12(3)22-16-9-8-14(18)10-15(16)19;1-10-3-2-4-12(7-10)18-15(19)9-20-14-6-5-11(16)8-13(14)17;1-5(9(12)13)14-8-3-2-6(10)4-7(8)11/h6-12,14H,1-5H3,(H,23,26)(H,24,25);8-10,12-13H,4-7,11H2,1-3H3;2-8H,9H2,1H3,(H,18,19);2-5H,1H3,(H,12,13). The second-order valence-electron chi connectivity index (χ2n) is 19.1. The smallest absolute Gasteiger partial charge is 0.347 e. The molecule has 0 radical (unpaired) electrons. The van der Waals surface area contributed by atoms with Crippen LogP contribution in [0.25, 0.3) is 0 Å². The Hall–Kier alpha value is -6.30. The molecule has 0 saturated carbocycles. The minimum atomic E-state index is -1.05. The van der Waals surface area contributed by atoms with Crippen LogP contribution in [0.15, 0.2) is 115 Å². The van der Waals surface area contributed by atoms with Gasteiger partial charge in [0.25, 0.3) is 11.8 Å². The quantitative estimate of drug-likeness (QED) is 0.0444. The van der Waals surface area contributed by atoms with E-state index in [9.17, 15) is 24.0 Å². The highest BCUT2D eigenvalue weighted by Gasteiger charge is 2.21. The van der Waals surface area contributed by atoms with Crippen LogP contribution in [0.3, 0.4) is 0 Å². The molecule has 0 saturated heterocycles. The van der Waals surface area contributed by atoms with E-state index in [1.165, 1.54) is 26.2 Å². The average molecular weight is 1300 g/mol. The molecule has 0 spiro atoms. The second-order valence-corrected chi connectivity index (χ2v) is 22.0. The van der Waals surface area contributed by atoms with Crippen molar-refractivity contribution >= 4 is 128 Å². The topological polar surface area (TPSA) is 197 Å². The van der Waals surface area contributed by atoms with Gasteiger partial charge >= 0.3 is 11.9 Å². The first-order chi connectivity index (χ1) is 39.7. The number of amides is 3. The average Bonchev–Trinajstić information content (AvgIpc) is 3.57. The molecule has 4 atom stereocenters. The summed E-state index contributed by atoms with van der Waals surface area (Å²) in [6.45, 7) is 16.8. The molecule has 6 aromatic rings. The molecule has 84 heavy (non-hydrogen) atoms. The molecule has 0 aliphatic rings. The number of unbranched alkanes of at least 4 members (excludes halogenated alkanes) is 1. The summed E-state index contributed by atoms with van der Waals surface area (Å²) in [6.07, 6.45) is 2.04. The molecular weight excluding hydrogens is 1230 g/mol. The maximum atomic E-state index is 12.5. The molecule has 454 valence electrons. The van der Waals surface area contributed by atoms with Crippen molar-refractivity contribution in [3.8, 4) is 28.7 Å². The third kappa shape index (κ3) is 26.3. The number of aryl methyl sites for hydroxylation is 2. The van der Waals surface area contributed by atoms with Crippen LogP contribution < -0.4 is 39.6 Å². The lowest BCUT2D eigenvalue weighted by Gasteiger charge is -2.18. The van der Waals surface area contributed by atoms with Crippen molar-refractivity contribution in [3.05, 3.63) is 162 Å². The van der Waals surface area contributed by atoms with E-state index < -0.39 is 24.3 Å². The van der Waals surface area contributed by atoms with Gasteiger partial charge in [0.1, 0.15) is 28.7 Å². The molecular formula is C62H70Cl7N3O12. The van der Waals surface area contributed by atoms with Gasteiger partial charge < -0.3 is 49.5 Å². The monoisotopic (exact) mass is 1290 g/mol. The maximum Gasteiger partial charge on any atom is 0.347 e. The van der Waals surface area contributed by atoms with E-state index >= 15 is 0 Å². The van der Waals surface area contributed by atoms with Crippen molar-refractivity contribution in [2.24, 2.45) is 11.8 Å². The van der Waals surface area contributed by atoms with Gasteiger partial charge in [0.05, 0.1) is 34.5 Å². The highest BCUT2D eigenvalue weighted by atomic mass is 35.5. The summed E-state index contributed by atoms with van der Waals surface area (Å²) in [7, 11) is 1.50. The van der Waals surface area contributed by atoms with Crippen LogP contribution in [0, 0.1) is 25.7 Å². The third-order valence-electron chi connectivity index (χ3n) is 11.7. The minimum Gasteiger partial charge on any atom is -0.494 e. The lowest BCUT2D eigenvalue weighted by Crippen LogP contribution is -2.30. The maximum absolute atomic E-state index is 12.5. The first-order valence-corrected chi connectivity index (χ1v) is 29.2. The Kier molecular flexibility index (Phi) is 31.9. The number of methoxy groups -OCH3 is 1. The highest BCUT2D eigenvalue weighted by molar-refractivity contribution is 6.36. The number of hydrogen-bond acceptors (Lipinski definition) is 11. The summed E-state index contributed by atoms with van der Waals surface area (Å²) in [5.41, 5.74) is 3.73. The molecule has 0 aromatic heterocycles. The number of nitrogens with one attached hydrogen (secondary N) is 3. The minimum absolute atomic E-state index is 0.115. The van der Waals surface area contributed by atoms with E-state index in [0.717, 1.165) is 42.5 Å². The number of hydrogen-bond donors (Lipinski definition) is 4. The van der Waals surface area contributed by atoms with Crippen molar-refractivity contribution in [1.82, 2.24) is 0 Å². The van der Waals surface area contributed by atoms with E-state index in [4.69, 9.17) is 115 Å². The molecule has 0 aliphatic heterocycles. The Morgan fingerprint density at radius 1 is 0.548 bits per heavy atom. The summed E-state index contributed by atoms with van der Waals surface area (Å²) >= 11 is 41.0. The molecule has 0 fully saturated rings. The molecule has 3 amide bonds. The number of carbonyl (C=O) groups excluding carboxylic acids is 4.